The third-order valence-corrected chi connectivity index (χ3v) is 1.45. The maximum Gasteiger partial charge on any atom is 0.305 e. The highest BCUT2D eigenvalue weighted by atomic mass is 16.5. The fourth-order valence-corrected chi connectivity index (χ4v) is 0.795. The first-order chi connectivity index (χ1) is 6.16. The Morgan fingerprint density at radius 3 is 2.62 bits per heavy atom. The van der Waals surface area contributed by atoms with Gasteiger partial charge in [0.1, 0.15) is 0 Å². The van der Waals surface area contributed by atoms with Gasteiger partial charge in [0.2, 0.25) is 0 Å². The van der Waals surface area contributed by atoms with Crippen LogP contribution in [0.5, 0.6) is 0 Å². The summed E-state index contributed by atoms with van der Waals surface area (Å²) < 4.78 is 10.1. The molecule has 0 aliphatic rings. The third-order valence-electron chi connectivity index (χ3n) is 1.45. The number of rotatable bonds is 7. The standard InChI is InChI=1S/C10H20O3/c1-4-12-7-5-6-10(11)13-8-9(2)3/h9H,4-8H2,1-3H3. The molecule has 0 radical (unpaired) electrons. The predicted molar refractivity (Wildman–Crippen MR) is 51.5 cm³/mol. The van der Waals surface area contributed by atoms with Crippen LogP contribution in [0.25, 0.3) is 0 Å². The van der Waals surface area contributed by atoms with Crippen molar-refractivity contribution in [3.8, 4) is 0 Å². The summed E-state index contributed by atoms with van der Waals surface area (Å²) in [4.78, 5) is 11.0. The lowest BCUT2D eigenvalue weighted by molar-refractivity contribution is -0.145. The molecule has 0 aromatic carbocycles. The molecule has 0 aromatic heterocycles. The first kappa shape index (κ1) is 12.4. The lowest BCUT2D eigenvalue weighted by Crippen LogP contribution is -2.10. The Hall–Kier alpha value is -0.570. The predicted octanol–water partition coefficient (Wildman–Crippen LogP) is 2.00. The van der Waals surface area contributed by atoms with Gasteiger partial charge in [0.15, 0.2) is 0 Å². The summed E-state index contributed by atoms with van der Waals surface area (Å²) in [5.41, 5.74) is 0. The Morgan fingerprint density at radius 2 is 2.08 bits per heavy atom. The van der Waals surface area contributed by atoms with Crippen molar-refractivity contribution >= 4 is 5.97 Å². The summed E-state index contributed by atoms with van der Waals surface area (Å²) in [5.74, 6) is 0.296. The number of hydrogen-bond acceptors (Lipinski definition) is 3. The van der Waals surface area contributed by atoms with E-state index in [1.165, 1.54) is 0 Å². The fraction of sp³-hybridized carbons (Fsp3) is 0.900. The van der Waals surface area contributed by atoms with E-state index in [4.69, 9.17) is 9.47 Å². The number of ether oxygens (including phenoxy) is 2. The highest BCUT2D eigenvalue weighted by Gasteiger charge is 2.03. The zero-order valence-electron chi connectivity index (χ0n) is 8.84. The molecule has 0 heterocycles. The molecule has 0 saturated heterocycles. The molecule has 0 bridgehead atoms. The second kappa shape index (κ2) is 8.05. The number of hydrogen-bond donors (Lipinski definition) is 0. The molecule has 0 unspecified atom stereocenters. The molecule has 0 aliphatic heterocycles. The average molecular weight is 188 g/mol. The van der Waals surface area contributed by atoms with Crippen molar-refractivity contribution in [1.82, 2.24) is 0 Å². The van der Waals surface area contributed by atoms with Gasteiger partial charge in [-0.1, -0.05) is 13.8 Å². The smallest absolute Gasteiger partial charge is 0.305 e. The first-order valence-electron chi connectivity index (χ1n) is 4.90. The largest absolute Gasteiger partial charge is 0.465 e. The fourth-order valence-electron chi connectivity index (χ4n) is 0.795. The third kappa shape index (κ3) is 9.34. The van der Waals surface area contributed by atoms with Gasteiger partial charge in [-0.3, -0.25) is 4.79 Å². The summed E-state index contributed by atoms with van der Waals surface area (Å²) in [7, 11) is 0. The molecular formula is C10H20O3. The normalized spacial score (nSPS) is 10.5. The van der Waals surface area contributed by atoms with E-state index < -0.39 is 0 Å². The molecule has 0 aliphatic carbocycles. The van der Waals surface area contributed by atoms with Crippen LogP contribution in [0.3, 0.4) is 0 Å². The molecule has 0 fully saturated rings. The van der Waals surface area contributed by atoms with Gasteiger partial charge in [0, 0.05) is 19.6 Å². The second-order valence-corrected chi connectivity index (χ2v) is 3.38. The molecule has 78 valence electrons. The number of carbonyl (C=O) groups excluding carboxylic acids is 1. The van der Waals surface area contributed by atoms with E-state index in [9.17, 15) is 4.79 Å². The van der Waals surface area contributed by atoms with Crippen LogP contribution in [-0.2, 0) is 14.3 Å². The summed E-state index contributed by atoms with van der Waals surface area (Å²) >= 11 is 0. The molecule has 0 saturated carbocycles. The van der Waals surface area contributed by atoms with Crippen LogP contribution < -0.4 is 0 Å². The van der Waals surface area contributed by atoms with Crippen LogP contribution in [0.2, 0.25) is 0 Å². The number of esters is 1. The number of carbonyl (C=O) groups is 1. The highest BCUT2D eigenvalue weighted by molar-refractivity contribution is 5.69. The van der Waals surface area contributed by atoms with Gasteiger partial charge < -0.3 is 9.47 Å². The summed E-state index contributed by atoms with van der Waals surface area (Å²) in [6, 6.07) is 0. The van der Waals surface area contributed by atoms with E-state index >= 15 is 0 Å². The van der Waals surface area contributed by atoms with Crippen molar-refractivity contribution in [2.45, 2.75) is 33.6 Å². The monoisotopic (exact) mass is 188 g/mol. The topological polar surface area (TPSA) is 35.5 Å². The molecule has 3 heteroatoms. The molecule has 0 N–H and O–H groups in total. The van der Waals surface area contributed by atoms with E-state index in [1.807, 2.05) is 20.8 Å². The van der Waals surface area contributed by atoms with Gasteiger partial charge in [-0.25, -0.2) is 0 Å². The quantitative estimate of drug-likeness (QED) is 0.453. The van der Waals surface area contributed by atoms with E-state index in [1.54, 1.807) is 0 Å². The minimum atomic E-state index is -0.117. The lowest BCUT2D eigenvalue weighted by Gasteiger charge is -2.06. The van der Waals surface area contributed by atoms with Gasteiger partial charge in [-0.2, -0.15) is 0 Å². The average Bonchev–Trinajstić information content (AvgIpc) is 2.09. The van der Waals surface area contributed by atoms with Crippen molar-refractivity contribution in [3.05, 3.63) is 0 Å². The Labute approximate surface area is 80.4 Å². The molecular weight excluding hydrogens is 168 g/mol. The first-order valence-corrected chi connectivity index (χ1v) is 4.90. The van der Waals surface area contributed by atoms with Crippen LogP contribution >= 0.6 is 0 Å². The maximum absolute atomic E-state index is 11.0. The van der Waals surface area contributed by atoms with E-state index in [0.717, 1.165) is 6.42 Å². The summed E-state index contributed by atoms with van der Waals surface area (Å²) in [5, 5.41) is 0. The molecule has 0 amide bonds. The Bertz CT molecular complexity index is 132. The van der Waals surface area contributed by atoms with Crippen LogP contribution in [0.15, 0.2) is 0 Å². The van der Waals surface area contributed by atoms with Gasteiger partial charge in [0.05, 0.1) is 6.61 Å². The second-order valence-electron chi connectivity index (χ2n) is 3.38. The van der Waals surface area contributed by atoms with Crippen molar-refractivity contribution in [2.75, 3.05) is 19.8 Å². The minimum absolute atomic E-state index is 0.117. The van der Waals surface area contributed by atoms with Crippen LogP contribution in [0.4, 0.5) is 0 Å². The Kier molecular flexibility index (Phi) is 7.69. The molecule has 13 heavy (non-hydrogen) atoms. The van der Waals surface area contributed by atoms with Crippen LogP contribution in [0, 0.1) is 5.92 Å². The van der Waals surface area contributed by atoms with E-state index in [0.29, 0.717) is 32.2 Å². The zero-order chi connectivity index (χ0) is 10.1. The highest BCUT2D eigenvalue weighted by Crippen LogP contribution is 1.97. The van der Waals surface area contributed by atoms with E-state index in [2.05, 4.69) is 0 Å². The summed E-state index contributed by atoms with van der Waals surface area (Å²) in [6.45, 7) is 7.86. The van der Waals surface area contributed by atoms with Gasteiger partial charge in [-0.05, 0) is 19.3 Å². The maximum atomic E-state index is 11.0. The van der Waals surface area contributed by atoms with Gasteiger partial charge in [-0.15, -0.1) is 0 Å². The van der Waals surface area contributed by atoms with E-state index in [-0.39, 0.29) is 5.97 Å². The lowest BCUT2D eigenvalue weighted by atomic mass is 10.2. The Morgan fingerprint density at radius 1 is 1.38 bits per heavy atom. The molecule has 0 atom stereocenters. The summed E-state index contributed by atoms with van der Waals surface area (Å²) in [6.07, 6.45) is 1.22. The van der Waals surface area contributed by atoms with Gasteiger partial charge in [0.25, 0.3) is 0 Å². The minimum Gasteiger partial charge on any atom is -0.465 e. The Balaban J connectivity index is 3.20. The van der Waals surface area contributed by atoms with Crippen molar-refractivity contribution in [3.63, 3.8) is 0 Å². The molecule has 0 rings (SSSR count). The van der Waals surface area contributed by atoms with Crippen molar-refractivity contribution in [1.29, 1.82) is 0 Å². The van der Waals surface area contributed by atoms with Crippen molar-refractivity contribution < 1.29 is 14.3 Å². The SMILES string of the molecule is CCOCCCC(=O)OCC(C)C. The molecule has 3 nitrogen and oxygen atoms in total. The molecule has 0 spiro atoms. The van der Waals surface area contributed by atoms with Crippen LogP contribution in [-0.4, -0.2) is 25.8 Å². The van der Waals surface area contributed by atoms with Crippen LogP contribution in [0.1, 0.15) is 33.6 Å². The van der Waals surface area contributed by atoms with Gasteiger partial charge >= 0.3 is 5.97 Å². The zero-order valence-corrected chi connectivity index (χ0v) is 8.84. The van der Waals surface area contributed by atoms with Crippen molar-refractivity contribution in [2.24, 2.45) is 5.92 Å². The molecule has 0 aromatic rings.